The van der Waals surface area contributed by atoms with Crippen molar-refractivity contribution in [2.45, 2.75) is 26.8 Å². The van der Waals surface area contributed by atoms with Gasteiger partial charge in [0, 0.05) is 36.6 Å². The van der Waals surface area contributed by atoms with E-state index in [1.54, 1.807) is 74.6 Å². The van der Waals surface area contributed by atoms with E-state index >= 15 is 0 Å². The van der Waals surface area contributed by atoms with Crippen molar-refractivity contribution in [3.63, 3.8) is 0 Å². The second-order valence-electron chi connectivity index (χ2n) is 9.80. The average Bonchev–Trinajstić information content (AvgIpc) is 3.38. The van der Waals surface area contributed by atoms with Crippen molar-refractivity contribution in [2.75, 3.05) is 36.6 Å². The number of anilines is 2. The summed E-state index contributed by atoms with van der Waals surface area (Å²) in [5, 5.41) is 13.6. The number of hydrogen-bond acceptors (Lipinski definition) is 11. The van der Waals surface area contributed by atoms with Crippen LogP contribution < -0.4 is 15.5 Å². The lowest BCUT2D eigenvalue weighted by Crippen LogP contribution is -2.34. The standard InChI is InChI=1S/C32H35N7O7/c1-4-44-28(40)15-17-39(26-8-6-7-16-34-26)31(42)22-11-14-25-24(18-22)36-27(38(25)3)19-35-23-12-9-21(10-13-23)30(33)37-32(43)46-20-29(41)45-5-2/h6-14,16,18,35H,4-5,15,17,19-20H2,1-3H3,(H2,33,37,43). The molecular formula is C32H35N7O7. The van der Waals surface area contributed by atoms with Gasteiger partial charge in [0.25, 0.3) is 5.91 Å². The number of fused-ring (bicyclic) bond motifs is 1. The molecule has 2 amide bonds. The second-order valence-corrected chi connectivity index (χ2v) is 9.80. The van der Waals surface area contributed by atoms with Crippen molar-refractivity contribution in [3.05, 3.63) is 83.8 Å². The molecule has 0 saturated heterocycles. The minimum absolute atomic E-state index is 0.0279. The molecule has 0 fully saturated rings. The van der Waals surface area contributed by atoms with E-state index in [0.717, 1.165) is 11.2 Å². The normalized spacial score (nSPS) is 10.6. The lowest BCUT2D eigenvalue weighted by Gasteiger charge is -2.21. The zero-order valence-corrected chi connectivity index (χ0v) is 25.7. The van der Waals surface area contributed by atoms with Gasteiger partial charge in [-0.05, 0) is 68.4 Å². The molecule has 2 aromatic heterocycles. The summed E-state index contributed by atoms with van der Waals surface area (Å²) in [4.78, 5) is 59.3. The number of imidazole rings is 1. The highest BCUT2D eigenvalue weighted by Gasteiger charge is 2.21. The minimum Gasteiger partial charge on any atom is -0.466 e. The quantitative estimate of drug-likeness (QED) is 0.0853. The summed E-state index contributed by atoms with van der Waals surface area (Å²) in [7, 11) is 1.88. The Morgan fingerprint density at radius 1 is 0.913 bits per heavy atom. The van der Waals surface area contributed by atoms with E-state index in [9.17, 15) is 19.2 Å². The van der Waals surface area contributed by atoms with Gasteiger partial charge in [0.2, 0.25) is 0 Å². The molecule has 14 heteroatoms. The monoisotopic (exact) mass is 629 g/mol. The van der Waals surface area contributed by atoms with Crippen molar-refractivity contribution in [1.82, 2.24) is 19.9 Å². The molecule has 3 N–H and O–H groups in total. The Bertz CT molecular complexity index is 1710. The van der Waals surface area contributed by atoms with Gasteiger partial charge in [-0.15, -0.1) is 0 Å². The van der Waals surface area contributed by atoms with Crippen LogP contribution in [0, 0.1) is 5.41 Å². The van der Waals surface area contributed by atoms with E-state index in [-0.39, 0.29) is 37.9 Å². The van der Waals surface area contributed by atoms with E-state index in [1.165, 1.54) is 4.90 Å². The molecule has 0 atom stereocenters. The maximum atomic E-state index is 13.6. The van der Waals surface area contributed by atoms with E-state index in [1.807, 2.05) is 17.7 Å². The highest BCUT2D eigenvalue weighted by molar-refractivity contribution is 6.07. The Morgan fingerprint density at radius 2 is 1.63 bits per heavy atom. The molecule has 0 spiro atoms. The number of esters is 2. The number of amides is 2. The van der Waals surface area contributed by atoms with Crippen molar-refractivity contribution in [2.24, 2.45) is 7.05 Å². The summed E-state index contributed by atoms with van der Waals surface area (Å²) in [6.45, 7) is 3.73. The number of hydrogen-bond donors (Lipinski definition) is 3. The third kappa shape index (κ3) is 8.65. The molecule has 0 bridgehead atoms. The Labute approximate surface area is 265 Å². The van der Waals surface area contributed by atoms with Crippen LogP contribution in [0.5, 0.6) is 0 Å². The number of alkyl carbamates (subject to hydrolysis) is 1. The first-order chi connectivity index (χ1) is 22.2. The summed E-state index contributed by atoms with van der Waals surface area (Å²) >= 11 is 0. The van der Waals surface area contributed by atoms with Crippen LogP contribution in [-0.2, 0) is 37.4 Å². The molecule has 0 aliphatic heterocycles. The van der Waals surface area contributed by atoms with Crippen LogP contribution in [0.3, 0.4) is 0 Å². The predicted octanol–water partition coefficient (Wildman–Crippen LogP) is 3.80. The number of aromatic nitrogens is 3. The van der Waals surface area contributed by atoms with Gasteiger partial charge in [0.05, 0.1) is 37.2 Å². The van der Waals surface area contributed by atoms with E-state index < -0.39 is 24.6 Å². The van der Waals surface area contributed by atoms with Gasteiger partial charge < -0.3 is 24.1 Å². The van der Waals surface area contributed by atoms with Crippen molar-refractivity contribution < 1.29 is 33.4 Å². The topological polar surface area (TPSA) is 178 Å². The summed E-state index contributed by atoms with van der Waals surface area (Å²) < 4.78 is 16.4. The zero-order chi connectivity index (χ0) is 33.1. The van der Waals surface area contributed by atoms with Gasteiger partial charge in [0.1, 0.15) is 17.5 Å². The molecule has 4 rings (SSSR count). The fourth-order valence-electron chi connectivity index (χ4n) is 4.44. The molecular weight excluding hydrogens is 594 g/mol. The van der Waals surface area contributed by atoms with Crippen molar-refractivity contribution >= 4 is 52.3 Å². The first kappa shape index (κ1) is 33.1. The summed E-state index contributed by atoms with van der Waals surface area (Å²) in [6, 6.07) is 17.3. The van der Waals surface area contributed by atoms with Gasteiger partial charge in [-0.3, -0.25) is 25.2 Å². The van der Waals surface area contributed by atoms with Crippen molar-refractivity contribution in [1.29, 1.82) is 5.41 Å². The van der Waals surface area contributed by atoms with E-state index in [4.69, 9.17) is 24.6 Å². The Hall–Kier alpha value is -5.79. The number of aryl methyl sites for hydroxylation is 1. The summed E-state index contributed by atoms with van der Waals surface area (Å²) in [5.41, 5.74) is 3.03. The first-order valence-corrected chi connectivity index (χ1v) is 14.6. The average molecular weight is 630 g/mol. The molecule has 46 heavy (non-hydrogen) atoms. The maximum Gasteiger partial charge on any atom is 0.413 e. The number of nitrogens with zero attached hydrogens (tertiary/aromatic N) is 4. The molecule has 4 aromatic rings. The van der Waals surface area contributed by atoms with E-state index in [2.05, 4.69) is 15.6 Å². The number of ether oxygens (including phenoxy) is 3. The van der Waals surface area contributed by atoms with E-state index in [0.29, 0.717) is 34.8 Å². The number of benzene rings is 2. The fourth-order valence-corrected chi connectivity index (χ4v) is 4.44. The highest BCUT2D eigenvalue weighted by atomic mass is 16.6. The number of carbonyl (C=O) groups excluding carboxylic acids is 4. The predicted molar refractivity (Wildman–Crippen MR) is 170 cm³/mol. The van der Waals surface area contributed by atoms with Crippen LogP contribution in [0.15, 0.2) is 66.9 Å². The summed E-state index contributed by atoms with van der Waals surface area (Å²) in [5.74, 6) is -0.443. The van der Waals surface area contributed by atoms with Crippen LogP contribution in [0.1, 0.15) is 42.0 Å². The molecule has 14 nitrogen and oxygen atoms in total. The Morgan fingerprint density at radius 3 is 2.33 bits per heavy atom. The Balaban J connectivity index is 1.40. The SMILES string of the molecule is CCOC(=O)CCN(C(=O)c1ccc2c(c1)nc(CNc1ccc(C(=N)NC(=O)OCC(=O)OCC)cc1)n2C)c1ccccn1. The lowest BCUT2D eigenvalue weighted by atomic mass is 10.1. The molecule has 0 unspecified atom stereocenters. The fraction of sp³-hybridized carbons (Fsp3) is 0.281. The first-order valence-electron chi connectivity index (χ1n) is 14.6. The van der Waals surface area contributed by atoms with Gasteiger partial charge in [-0.25, -0.2) is 19.6 Å². The third-order valence-electron chi connectivity index (χ3n) is 6.71. The van der Waals surface area contributed by atoms with Crippen LogP contribution in [0.2, 0.25) is 0 Å². The van der Waals surface area contributed by atoms with Crippen LogP contribution >= 0.6 is 0 Å². The molecule has 2 aromatic carbocycles. The van der Waals surface area contributed by atoms with Crippen LogP contribution in [-0.4, -0.2) is 70.7 Å². The minimum atomic E-state index is -0.937. The van der Waals surface area contributed by atoms with Crippen LogP contribution in [0.4, 0.5) is 16.3 Å². The number of rotatable bonds is 13. The number of amidine groups is 1. The largest absolute Gasteiger partial charge is 0.466 e. The highest BCUT2D eigenvalue weighted by Crippen LogP contribution is 2.21. The number of carbonyl (C=O) groups is 4. The van der Waals surface area contributed by atoms with Crippen LogP contribution in [0.25, 0.3) is 11.0 Å². The Kier molecular flexibility index (Phi) is 11.4. The number of pyridine rings is 1. The molecule has 0 aliphatic carbocycles. The molecule has 240 valence electrons. The lowest BCUT2D eigenvalue weighted by molar-refractivity contribution is -0.146. The van der Waals surface area contributed by atoms with Gasteiger partial charge in [0.15, 0.2) is 6.61 Å². The summed E-state index contributed by atoms with van der Waals surface area (Å²) in [6.07, 6.45) is 0.677. The smallest absolute Gasteiger partial charge is 0.413 e. The van der Waals surface area contributed by atoms with Gasteiger partial charge in [-0.1, -0.05) is 6.07 Å². The molecule has 0 aliphatic rings. The maximum absolute atomic E-state index is 13.6. The zero-order valence-electron chi connectivity index (χ0n) is 25.7. The second kappa shape index (κ2) is 15.8. The molecule has 0 radical (unpaired) electrons. The molecule has 0 saturated carbocycles. The van der Waals surface area contributed by atoms with Crippen molar-refractivity contribution in [3.8, 4) is 0 Å². The number of nitrogens with one attached hydrogen (secondary N) is 3. The van der Waals surface area contributed by atoms with Gasteiger partial charge >= 0.3 is 18.0 Å². The molecule has 2 heterocycles. The van der Waals surface area contributed by atoms with Gasteiger partial charge in [-0.2, -0.15) is 0 Å². The third-order valence-corrected chi connectivity index (χ3v) is 6.71.